The highest BCUT2D eigenvalue weighted by molar-refractivity contribution is 5.50. The summed E-state index contributed by atoms with van der Waals surface area (Å²) >= 11 is 0. The lowest BCUT2D eigenvalue weighted by Crippen LogP contribution is -2.18. The SMILES string of the molecule is NCc1n[nH]c(=O)n1-c1ccc2c(c1)OCO2. The lowest BCUT2D eigenvalue weighted by atomic mass is 10.2. The molecule has 2 aromatic rings. The van der Waals surface area contributed by atoms with Crippen molar-refractivity contribution < 1.29 is 9.47 Å². The van der Waals surface area contributed by atoms with Gasteiger partial charge in [0, 0.05) is 6.07 Å². The molecule has 0 atom stereocenters. The van der Waals surface area contributed by atoms with Gasteiger partial charge in [-0.15, -0.1) is 0 Å². The van der Waals surface area contributed by atoms with Crippen LogP contribution in [0.15, 0.2) is 23.0 Å². The van der Waals surface area contributed by atoms with Crippen molar-refractivity contribution >= 4 is 0 Å². The van der Waals surface area contributed by atoms with E-state index in [4.69, 9.17) is 15.2 Å². The summed E-state index contributed by atoms with van der Waals surface area (Å²) in [5.74, 6) is 1.74. The normalized spacial score (nSPS) is 13.0. The van der Waals surface area contributed by atoms with Crippen molar-refractivity contribution in [2.24, 2.45) is 5.73 Å². The summed E-state index contributed by atoms with van der Waals surface area (Å²) in [5.41, 5.74) is 5.83. The molecular weight excluding hydrogens is 224 g/mol. The van der Waals surface area contributed by atoms with E-state index >= 15 is 0 Å². The Hall–Kier alpha value is -2.28. The van der Waals surface area contributed by atoms with Gasteiger partial charge in [0.1, 0.15) is 0 Å². The number of aromatic amines is 1. The second-order valence-electron chi connectivity index (χ2n) is 3.52. The van der Waals surface area contributed by atoms with Gasteiger partial charge in [0.15, 0.2) is 17.3 Å². The summed E-state index contributed by atoms with van der Waals surface area (Å²) in [6.45, 7) is 0.371. The molecule has 0 unspecified atom stereocenters. The third kappa shape index (κ3) is 1.48. The fraction of sp³-hybridized carbons (Fsp3) is 0.200. The number of H-pyrrole nitrogens is 1. The predicted octanol–water partition coefficient (Wildman–Crippen LogP) is -0.252. The summed E-state index contributed by atoms with van der Waals surface area (Å²) < 4.78 is 11.9. The molecule has 88 valence electrons. The standard InChI is InChI=1S/C10H10N4O3/c11-4-9-12-13-10(15)14(9)6-1-2-7-8(3-6)17-5-16-7/h1-3H,4-5,11H2,(H,13,15). The van der Waals surface area contributed by atoms with Crippen molar-refractivity contribution in [2.45, 2.75) is 6.54 Å². The molecule has 1 aromatic carbocycles. The van der Waals surface area contributed by atoms with E-state index in [-0.39, 0.29) is 19.0 Å². The Morgan fingerprint density at radius 1 is 1.41 bits per heavy atom. The molecule has 1 aromatic heterocycles. The second-order valence-corrected chi connectivity index (χ2v) is 3.52. The van der Waals surface area contributed by atoms with Gasteiger partial charge in [0.05, 0.1) is 12.2 Å². The van der Waals surface area contributed by atoms with Gasteiger partial charge in [-0.05, 0) is 12.1 Å². The highest BCUT2D eigenvalue weighted by Crippen LogP contribution is 2.33. The second kappa shape index (κ2) is 3.63. The summed E-state index contributed by atoms with van der Waals surface area (Å²) in [4.78, 5) is 11.6. The first-order valence-corrected chi connectivity index (χ1v) is 5.06. The van der Waals surface area contributed by atoms with Crippen LogP contribution in [0.3, 0.4) is 0 Å². The van der Waals surface area contributed by atoms with Crippen LogP contribution in [-0.4, -0.2) is 21.6 Å². The number of nitrogens with two attached hydrogens (primary N) is 1. The Labute approximate surface area is 95.8 Å². The number of nitrogens with zero attached hydrogens (tertiary/aromatic N) is 2. The van der Waals surface area contributed by atoms with Gasteiger partial charge < -0.3 is 15.2 Å². The topological polar surface area (TPSA) is 95.2 Å². The van der Waals surface area contributed by atoms with Crippen molar-refractivity contribution in [2.75, 3.05) is 6.79 Å². The van der Waals surface area contributed by atoms with Crippen molar-refractivity contribution in [1.29, 1.82) is 0 Å². The van der Waals surface area contributed by atoms with Crippen LogP contribution < -0.4 is 20.9 Å². The van der Waals surface area contributed by atoms with Gasteiger partial charge in [-0.1, -0.05) is 0 Å². The number of fused-ring (bicyclic) bond motifs is 1. The van der Waals surface area contributed by atoms with Crippen LogP contribution in [0.1, 0.15) is 5.82 Å². The van der Waals surface area contributed by atoms with Crippen LogP contribution in [0, 0.1) is 0 Å². The smallest absolute Gasteiger partial charge is 0.347 e. The number of aromatic nitrogens is 3. The number of rotatable bonds is 2. The molecule has 0 spiro atoms. The summed E-state index contributed by atoms with van der Waals surface area (Å²) in [5, 5.41) is 6.19. The molecular formula is C10H10N4O3. The largest absolute Gasteiger partial charge is 0.454 e. The van der Waals surface area contributed by atoms with Crippen LogP contribution in [0.4, 0.5) is 0 Å². The average Bonchev–Trinajstić information content (AvgIpc) is 2.93. The minimum atomic E-state index is -0.329. The predicted molar refractivity (Wildman–Crippen MR) is 58.2 cm³/mol. The van der Waals surface area contributed by atoms with E-state index in [2.05, 4.69) is 10.2 Å². The van der Waals surface area contributed by atoms with Crippen LogP contribution in [0.5, 0.6) is 11.5 Å². The highest BCUT2D eigenvalue weighted by Gasteiger charge is 2.16. The minimum Gasteiger partial charge on any atom is -0.454 e. The van der Waals surface area contributed by atoms with Crippen molar-refractivity contribution in [1.82, 2.24) is 14.8 Å². The van der Waals surface area contributed by atoms with Gasteiger partial charge in [-0.2, -0.15) is 5.10 Å². The molecule has 2 heterocycles. The lowest BCUT2D eigenvalue weighted by Gasteiger charge is -2.04. The quantitative estimate of drug-likeness (QED) is 0.747. The number of hydrogen-bond donors (Lipinski definition) is 2. The van der Waals surface area contributed by atoms with Crippen LogP contribution >= 0.6 is 0 Å². The molecule has 0 saturated carbocycles. The van der Waals surface area contributed by atoms with Gasteiger partial charge in [0.25, 0.3) is 0 Å². The number of benzene rings is 1. The van der Waals surface area contributed by atoms with Crippen molar-refractivity contribution in [3.8, 4) is 17.2 Å². The molecule has 0 bridgehead atoms. The Bertz CT molecular complexity index is 616. The zero-order valence-electron chi connectivity index (χ0n) is 8.84. The van der Waals surface area contributed by atoms with E-state index in [0.717, 1.165) is 0 Å². The average molecular weight is 234 g/mol. The molecule has 0 amide bonds. The van der Waals surface area contributed by atoms with Crippen molar-refractivity contribution in [3.05, 3.63) is 34.5 Å². The molecule has 7 heteroatoms. The van der Waals surface area contributed by atoms with Gasteiger partial charge in [-0.25, -0.2) is 14.5 Å². The molecule has 3 rings (SSSR count). The van der Waals surface area contributed by atoms with Gasteiger partial charge >= 0.3 is 5.69 Å². The van der Waals surface area contributed by atoms with E-state index in [1.165, 1.54) is 4.57 Å². The molecule has 1 aliphatic heterocycles. The van der Waals surface area contributed by atoms with Gasteiger partial charge in [0.2, 0.25) is 6.79 Å². The first-order valence-electron chi connectivity index (χ1n) is 5.06. The van der Waals surface area contributed by atoms with E-state index in [9.17, 15) is 4.79 Å². The molecule has 0 fully saturated rings. The Morgan fingerprint density at radius 3 is 3.06 bits per heavy atom. The Morgan fingerprint density at radius 2 is 2.24 bits per heavy atom. The summed E-state index contributed by atoms with van der Waals surface area (Å²) in [6, 6.07) is 5.22. The molecule has 17 heavy (non-hydrogen) atoms. The third-order valence-corrected chi connectivity index (χ3v) is 2.54. The fourth-order valence-corrected chi connectivity index (χ4v) is 1.76. The van der Waals surface area contributed by atoms with E-state index < -0.39 is 0 Å². The van der Waals surface area contributed by atoms with E-state index in [0.29, 0.717) is 23.0 Å². The maximum Gasteiger partial charge on any atom is 0.347 e. The molecule has 3 N–H and O–H groups in total. The number of hydrogen-bond acceptors (Lipinski definition) is 5. The Balaban J connectivity index is 2.15. The zero-order chi connectivity index (χ0) is 11.8. The zero-order valence-corrected chi connectivity index (χ0v) is 8.84. The molecule has 7 nitrogen and oxygen atoms in total. The van der Waals surface area contributed by atoms with Crippen LogP contribution in [-0.2, 0) is 6.54 Å². The molecule has 1 aliphatic rings. The first-order chi connectivity index (χ1) is 8.29. The third-order valence-electron chi connectivity index (χ3n) is 2.54. The monoisotopic (exact) mass is 234 g/mol. The molecule has 0 radical (unpaired) electrons. The maximum absolute atomic E-state index is 11.6. The lowest BCUT2D eigenvalue weighted by molar-refractivity contribution is 0.174. The first kappa shape index (κ1) is 9.91. The van der Waals surface area contributed by atoms with E-state index in [1.54, 1.807) is 18.2 Å². The van der Waals surface area contributed by atoms with Crippen molar-refractivity contribution in [3.63, 3.8) is 0 Å². The summed E-state index contributed by atoms with van der Waals surface area (Å²) in [7, 11) is 0. The molecule has 0 aliphatic carbocycles. The highest BCUT2D eigenvalue weighted by atomic mass is 16.7. The molecule has 0 saturated heterocycles. The van der Waals surface area contributed by atoms with Crippen LogP contribution in [0.2, 0.25) is 0 Å². The van der Waals surface area contributed by atoms with E-state index in [1.807, 2.05) is 0 Å². The summed E-state index contributed by atoms with van der Waals surface area (Å²) in [6.07, 6.45) is 0. The van der Waals surface area contributed by atoms with Gasteiger partial charge in [-0.3, -0.25) is 0 Å². The number of ether oxygens (including phenoxy) is 2. The van der Waals surface area contributed by atoms with Crippen LogP contribution in [0.25, 0.3) is 5.69 Å². The maximum atomic E-state index is 11.6. The minimum absolute atomic E-state index is 0.174. The Kier molecular flexibility index (Phi) is 2.12. The number of nitrogens with one attached hydrogen (secondary N) is 1. The fourth-order valence-electron chi connectivity index (χ4n) is 1.76.